The number of carbonyl (C=O) groups is 2. The van der Waals surface area contributed by atoms with Crippen molar-refractivity contribution >= 4 is 23.2 Å². The van der Waals surface area contributed by atoms with E-state index in [2.05, 4.69) is 10.6 Å². The van der Waals surface area contributed by atoms with Crippen LogP contribution < -0.4 is 24.8 Å². The maximum Gasteiger partial charge on any atom is 0.239 e. The highest BCUT2D eigenvalue weighted by molar-refractivity contribution is 6.14. The molecule has 0 radical (unpaired) electrons. The van der Waals surface area contributed by atoms with Crippen molar-refractivity contribution < 1.29 is 23.8 Å². The van der Waals surface area contributed by atoms with Gasteiger partial charge in [-0.2, -0.15) is 0 Å². The summed E-state index contributed by atoms with van der Waals surface area (Å²) in [7, 11) is 4.57. The van der Waals surface area contributed by atoms with Gasteiger partial charge in [0.05, 0.1) is 27.0 Å². The lowest BCUT2D eigenvalue weighted by atomic mass is 9.90. The number of rotatable bonds is 7. The van der Waals surface area contributed by atoms with Crippen molar-refractivity contribution in [2.24, 2.45) is 5.41 Å². The van der Waals surface area contributed by atoms with E-state index in [0.717, 1.165) is 0 Å². The molecule has 7 nitrogen and oxygen atoms in total. The van der Waals surface area contributed by atoms with Gasteiger partial charge in [0, 0.05) is 17.8 Å². The molecule has 0 atom stereocenters. The highest BCUT2D eigenvalue weighted by Gasteiger charge is 2.36. The molecule has 2 amide bonds. The van der Waals surface area contributed by atoms with Gasteiger partial charge in [-0.3, -0.25) is 9.59 Å². The Morgan fingerprint density at radius 1 is 0.815 bits per heavy atom. The summed E-state index contributed by atoms with van der Waals surface area (Å²) >= 11 is 0. The van der Waals surface area contributed by atoms with Gasteiger partial charge in [-0.25, -0.2) is 0 Å². The van der Waals surface area contributed by atoms with Crippen molar-refractivity contribution in [2.75, 3.05) is 32.0 Å². The third-order valence-electron chi connectivity index (χ3n) is 4.12. The number of amides is 2. The largest absolute Gasteiger partial charge is 0.497 e. The molecule has 0 aliphatic carbocycles. The molecule has 2 rings (SSSR count). The number of ether oxygens (including phenoxy) is 3. The normalized spacial score (nSPS) is 10.7. The van der Waals surface area contributed by atoms with Crippen LogP contribution in [0, 0.1) is 5.41 Å². The van der Waals surface area contributed by atoms with Gasteiger partial charge in [0.25, 0.3) is 0 Å². The molecule has 27 heavy (non-hydrogen) atoms. The Hall–Kier alpha value is -3.22. The van der Waals surface area contributed by atoms with Crippen molar-refractivity contribution in [3.05, 3.63) is 42.5 Å². The lowest BCUT2D eigenvalue weighted by Crippen LogP contribution is -2.41. The highest BCUT2D eigenvalue weighted by Crippen LogP contribution is 2.31. The van der Waals surface area contributed by atoms with Crippen molar-refractivity contribution in [1.29, 1.82) is 0 Å². The van der Waals surface area contributed by atoms with Crippen LogP contribution in [-0.4, -0.2) is 33.1 Å². The number of hydrogen-bond acceptors (Lipinski definition) is 5. The molecular formula is C20H24N2O5. The van der Waals surface area contributed by atoms with E-state index in [1.54, 1.807) is 70.5 Å². The van der Waals surface area contributed by atoms with E-state index < -0.39 is 17.2 Å². The highest BCUT2D eigenvalue weighted by atomic mass is 16.5. The molecule has 0 aliphatic heterocycles. The predicted octanol–water partition coefficient (Wildman–Crippen LogP) is 3.32. The van der Waals surface area contributed by atoms with E-state index in [1.807, 2.05) is 0 Å². The lowest BCUT2D eigenvalue weighted by molar-refractivity contribution is -0.135. The zero-order valence-electron chi connectivity index (χ0n) is 16.1. The standard InChI is InChI=1S/C20H24N2O5/c1-20(2,18(23)21-13-7-6-8-14(11-13)25-3)19(24)22-16-10-9-15(26-4)12-17(16)27-5/h6-12H,1-5H3,(H,21,23)(H,22,24). The van der Waals surface area contributed by atoms with E-state index in [0.29, 0.717) is 28.6 Å². The van der Waals surface area contributed by atoms with Gasteiger partial charge in [0.1, 0.15) is 22.7 Å². The zero-order valence-corrected chi connectivity index (χ0v) is 16.1. The average molecular weight is 372 g/mol. The maximum absolute atomic E-state index is 12.7. The molecule has 2 aromatic carbocycles. The van der Waals surface area contributed by atoms with Gasteiger partial charge in [0.15, 0.2) is 0 Å². The molecule has 0 fully saturated rings. The molecule has 7 heteroatoms. The van der Waals surface area contributed by atoms with Gasteiger partial charge >= 0.3 is 0 Å². The molecule has 0 unspecified atom stereocenters. The quantitative estimate of drug-likeness (QED) is 0.728. The second kappa shape index (κ2) is 8.44. The average Bonchev–Trinajstić information content (AvgIpc) is 2.68. The number of nitrogens with one attached hydrogen (secondary N) is 2. The van der Waals surface area contributed by atoms with Crippen molar-refractivity contribution in [2.45, 2.75) is 13.8 Å². The van der Waals surface area contributed by atoms with Crippen LogP contribution in [0.15, 0.2) is 42.5 Å². The summed E-state index contributed by atoms with van der Waals surface area (Å²) in [6.45, 7) is 3.10. The Kier molecular flexibility index (Phi) is 6.28. The minimum absolute atomic E-state index is 0.437. The monoisotopic (exact) mass is 372 g/mol. The van der Waals surface area contributed by atoms with E-state index in [9.17, 15) is 9.59 Å². The summed E-state index contributed by atoms with van der Waals surface area (Å²) in [4.78, 5) is 25.4. The van der Waals surface area contributed by atoms with Crippen molar-refractivity contribution in [3.8, 4) is 17.2 Å². The number of hydrogen-bond donors (Lipinski definition) is 2. The van der Waals surface area contributed by atoms with Crippen molar-refractivity contribution in [1.82, 2.24) is 0 Å². The fourth-order valence-corrected chi connectivity index (χ4v) is 2.27. The summed E-state index contributed by atoms with van der Waals surface area (Å²) in [5.41, 5.74) is -0.332. The van der Waals surface area contributed by atoms with Gasteiger partial charge < -0.3 is 24.8 Å². The Morgan fingerprint density at radius 2 is 1.44 bits per heavy atom. The van der Waals surface area contributed by atoms with Crippen molar-refractivity contribution in [3.63, 3.8) is 0 Å². The summed E-state index contributed by atoms with van der Waals surface area (Å²) in [6, 6.07) is 11.9. The second-order valence-corrected chi connectivity index (χ2v) is 6.33. The molecule has 0 saturated carbocycles. The summed E-state index contributed by atoms with van der Waals surface area (Å²) in [5, 5.41) is 5.48. The first-order chi connectivity index (χ1) is 12.8. The number of methoxy groups -OCH3 is 3. The van der Waals surface area contributed by atoms with Crippen LogP contribution in [0.5, 0.6) is 17.2 Å². The lowest BCUT2D eigenvalue weighted by Gasteiger charge is -2.23. The van der Waals surface area contributed by atoms with Gasteiger partial charge in [-0.15, -0.1) is 0 Å². The van der Waals surface area contributed by atoms with Gasteiger partial charge in [0.2, 0.25) is 11.8 Å². The van der Waals surface area contributed by atoms with E-state index in [1.165, 1.54) is 7.11 Å². The third kappa shape index (κ3) is 4.69. The predicted molar refractivity (Wildman–Crippen MR) is 104 cm³/mol. The molecule has 0 aromatic heterocycles. The minimum atomic E-state index is -1.33. The van der Waals surface area contributed by atoms with E-state index >= 15 is 0 Å². The van der Waals surface area contributed by atoms with Crippen LogP contribution in [0.2, 0.25) is 0 Å². The molecule has 0 heterocycles. The van der Waals surface area contributed by atoms with Crippen LogP contribution in [0.4, 0.5) is 11.4 Å². The number of benzene rings is 2. The Bertz CT molecular complexity index is 833. The molecule has 0 bridgehead atoms. The molecule has 144 valence electrons. The molecule has 0 saturated heterocycles. The van der Waals surface area contributed by atoms with Gasteiger partial charge in [-0.1, -0.05) is 6.07 Å². The summed E-state index contributed by atoms with van der Waals surface area (Å²) in [5.74, 6) is 0.733. The maximum atomic E-state index is 12.7. The topological polar surface area (TPSA) is 85.9 Å². The van der Waals surface area contributed by atoms with E-state index in [4.69, 9.17) is 14.2 Å². The first-order valence-corrected chi connectivity index (χ1v) is 8.30. The van der Waals surface area contributed by atoms with Crippen LogP contribution in [-0.2, 0) is 9.59 Å². The minimum Gasteiger partial charge on any atom is -0.497 e. The molecule has 0 aliphatic rings. The molecule has 2 N–H and O–H groups in total. The number of anilines is 2. The summed E-state index contributed by atoms with van der Waals surface area (Å²) in [6.07, 6.45) is 0. The fourth-order valence-electron chi connectivity index (χ4n) is 2.27. The fraction of sp³-hybridized carbons (Fsp3) is 0.300. The molecule has 0 spiro atoms. The van der Waals surface area contributed by atoms with E-state index in [-0.39, 0.29) is 0 Å². The smallest absolute Gasteiger partial charge is 0.239 e. The molecule has 2 aromatic rings. The second-order valence-electron chi connectivity index (χ2n) is 6.33. The molecular weight excluding hydrogens is 348 g/mol. The first kappa shape index (κ1) is 20.1. The third-order valence-corrected chi connectivity index (χ3v) is 4.12. The Balaban J connectivity index is 2.15. The van der Waals surface area contributed by atoms with Crippen LogP contribution in [0.1, 0.15) is 13.8 Å². The van der Waals surface area contributed by atoms with Crippen LogP contribution >= 0.6 is 0 Å². The Labute approximate surface area is 158 Å². The SMILES string of the molecule is COc1cccc(NC(=O)C(C)(C)C(=O)Nc2ccc(OC)cc2OC)c1. The van der Waals surface area contributed by atoms with Gasteiger partial charge in [-0.05, 0) is 38.1 Å². The van der Waals surface area contributed by atoms with Crippen LogP contribution in [0.3, 0.4) is 0 Å². The van der Waals surface area contributed by atoms with Crippen LogP contribution in [0.25, 0.3) is 0 Å². The zero-order chi connectivity index (χ0) is 20.0. The number of carbonyl (C=O) groups excluding carboxylic acids is 2. The first-order valence-electron chi connectivity index (χ1n) is 8.30. The summed E-state index contributed by atoms with van der Waals surface area (Å²) < 4.78 is 15.6. The Morgan fingerprint density at radius 3 is 2.07 bits per heavy atom.